The van der Waals surface area contributed by atoms with Gasteiger partial charge in [0.25, 0.3) is 11.8 Å². The number of carbonyl (C=O) groups excluding carboxylic acids is 3. The van der Waals surface area contributed by atoms with E-state index in [9.17, 15) is 36.0 Å². The van der Waals surface area contributed by atoms with Crippen molar-refractivity contribution in [2.75, 3.05) is 19.6 Å². The van der Waals surface area contributed by atoms with Gasteiger partial charge in [-0.1, -0.05) is 6.07 Å². The highest BCUT2D eigenvalue weighted by atomic mass is 32.2. The first-order valence-corrected chi connectivity index (χ1v) is 10.00. The lowest BCUT2D eigenvalue weighted by molar-refractivity contribution is -0.125. The zero-order chi connectivity index (χ0) is 21.4. The minimum atomic E-state index is -4.72. The van der Waals surface area contributed by atoms with E-state index in [4.69, 9.17) is 0 Å². The van der Waals surface area contributed by atoms with Crippen LogP contribution in [0.5, 0.6) is 0 Å². The zero-order valence-corrected chi connectivity index (χ0v) is 15.7. The molecular formula is C16H17F3N4O5S. The van der Waals surface area contributed by atoms with Crippen molar-refractivity contribution in [1.29, 1.82) is 0 Å². The summed E-state index contributed by atoms with van der Waals surface area (Å²) in [5.74, 6) is -0.990. The molecule has 2 fully saturated rings. The van der Waals surface area contributed by atoms with Gasteiger partial charge in [0.1, 0.15) is 12.1 Å². The molecule has 0 aliphatic carbocycles. The number of halogens is 3. The normalized spacial score (nSPS) is 19.2. The summed E-state index contributed by atoms with van der Waals surface area (Å²) in [5, 5.41) is 4.71. The number of nitrogens with zero attached hydrogens (tertiary/aromatic N) is 1. The summed E-state index contributed by atoms with van der Waals surface area (Å²) in [5.41, 5.74) is -1.09. The number of piperidine rings is 1. The van der Waals surface area contributed by atoms with Crippen molar-refractivity contribution in [2.24, 2.45) is 0 Å². The van der Waals surface area contributed by atoms with Gasteiger partial charge in [0.2, 0.25) is 10.0 Å². The van der Waals surface area contributed by atoms with E-state index in [1.807, 2.05) is 0 Å². The molecule has 0 radical (unpaired) electrons. The van der Waals surface area contributed by atoms with Gasteiger partial charge in [0, 0.05) is 18.7 Å². The van der Waals surface area contributed by atoms with Gasteiger partial charge >= 0.3 is 12.2 Å². The topological polar surface area (TPSA) is 125 Å². The minimum Gasteiger partial charge on any atom is -0.338 e. The number of nitrogens with one attached hydrogen (secondary N) is 3. The van der Waals surface area contributed by atoms with Crippen LogP contribution in [-0.2, 0) is 14.8 Å². The van der Waals surface area contributed by atoms with Crippen LogP contribution >= 0.6 is 0 Å². The molecule has 0 aromatic heterocycles. The monoisotopic (exact) mass is 434 g/mol. The molecule has 1 aromatic rings. The Morgan fingerprint density at radius 1 is 1.21 bits per heavy atom. The van der Waals surface area contributed by atoms with Gasteiger partial charge in [-0.25, -0.2) is 17.9 Å². The fraction of sp³-hybridized carbons (Fsp3) is 0.438. The third-order valence-corrected chi connectivity index (χ3v) is 6.17. The van der Waals surface area contributed by atoms with Gasteiger partial charge in [-0.15, -0.1) is 0 Å². The number of hydrogen-bond acceptors (Lipinski definition) is 5. The quantitative estimate of drug-likeness (QED) is 0.590. The largest absolute Gasteiger partial charge is 0.402 e. The van der Waals surface area contributed by atoms with Crippen LogP contribution in [0.1, 0.15) is 23.2 Å². The van der Waals surface area contributed by atoms with E-state index in [-0.39, 0.29) is 31.5 Å². The Labute approximate surface area is 163 Å². The molecule has 0 bridgehead atoms. The van der Waals surface area contributed by atoms with E-state index in [0.29, 0.717) is 0 Å². The summed E-state index contributed by atoms with van der Waals surface area (Å²) in [7, 11) is -4.45. The highest BCUT2D eigenvalue weighted by molar-refractivity contribution is 7.89. The maximum absolute atomic E-state index is 12.7. The van der Waals surface area contributed by atoms with Crippen LogP contribution in [0.15, 0.2) is 29.2 Å². The van der Waals surface area contributed by atoms with Crippen molar-refractivity contribution >= 4 is 27.9 Å². The molecule has 4 amide bonds. The summed E-state index contributed by atoms with van der Waals surface area (Å²) in [6.45, 7) is -1.46. The SMILES string of the molecule is O=C1NC(=O)C2(CCN(C(=O)c3cccc(S(=O)(=O)NCC(F)(F)F)c3)CC2)N1. The van der Waals surface area contributed by atoms with Gasteiger partial charge in [0.15, 0.2) is 0 Å². The number of urea groups is 1. The minimum absolute atomic E-state index is 0.0178. The van der Waals surface area contributed by atoms with Crippen LogP contribution in [0.25, 0.3) is 0 Å². The molecule has 29 heavy (non-hydrogen) atoms. The summed E-state index contributed by atoms with van der Waals surface area (Å²) >= 11 is 0. The summed E-state index contributed by atoms with van der Waals surface area (Å²) in [6, 6.07) is 4.08. The molecule has 13 heteroatoms. The van der Waals surface area contributed by atoms with Gasteiger partial charge in [-0.2, -0.15) is 13.2 Å². The first kappa shape index (κ1) is 21.0. The number of imide groups is 1. The standard InChI is InChI=1S/C16H17F3N4O5S/c17-16(18,19)9-20-29(27,28)11-3-1-2-10(8-11)12(24)23-6-4-15(5-7-23)13(25)21-14(26)22-15/h1-3,8,20H,4-7,9H2,(H2,21,22,25,26). The average Bonchev–Trinajstić information content (AvgIpc) is 2.93. The fourth-order valence-corrected chi connectivity index (χ4v) is 4.27. The van der Waals surface area contributed by atoms with Crippen molar-refractivity contribution in [3.63, 3.8) is 0 Å². The van der Waals surface area contributed by atoms with Crippen LogP contribution in [0, 0.1) is 0 Å². The predicted octanol–water partition coefficient (Wildman–Crippen LogP) is 0.341. The lowest BCUT2D eigenvalue weighted by Crippen LogP contribution is -2.55. The van der Waals surface area contributed by atoms with Crippen molar-refractivity contribution in [1.82, 2.24) is 20.3 Å². The molecular weight excluding hydrogens is 417 g/mol. The summed E-state index contributed by atoms with van der Waals surface area (Å²) in [6.07, 6.45) is -4.35. The van der Waals surface area contributed by atoms with E-state index >= 15 is 0 Å². The van der Waals surface area contributed by atoms with E-state index < -0.39 is 51.0 Å². The van der Waals surface area contributed by atoms with Crippen molar-refractivity contribution in [2.45, 2.75) is 29.5 Å². The highest BCUT2D eigenvalue weighted by Crippen LogP contribution is 2.26. The van der Waals surface area contributed by atoms with Crippen LogP contribution in [0.4, 0.5) is 18.0 Å². The second-order valence-electron chi connectivity index (χ2n) is 6.75. The maximum Gasteiger partial charge on any atom is 0.402 e. The number of amides is 4. The van der Waals surface area contributed by atoms with Crippen LogP contribution in [-0.4, -0.2) is 62.5 Å². The first-order valence-electron chi connectivity index (χ1n) is 8.51. The Morgan fingerprint density at radius 3 is 2.41 bits per heavy atom. The number of rotatable bonds is 4. The third kappa shape index (κ3) is 4.50. The number of sulfonamides is 1. The second kappa shape index (κ2) is 7.30. The van der Waals surface area contributed by atoms with Gasteiger partial charge in [0.05, 0.1) is 4.90 Å². The van der Waals surface area contributed by atoms with E-state index in [1.54, 1.807) is 0 Å². The molecule has 3 rings (SSSR count). The second-order valence-corrected chi connectivity index (χ2v) is 8.52. The number of alkyl halides is 3. The van der Waals surface area contributed by atoms with Gasteiger partial charge in [-0.3, -0.25) is 14.9 Å². The molecule has 2 aliphatic heterocycles. The van der Waals surface area contributed by atoms with Crippen LogP contribution in [0.3, 0.4) is 0 Å². The van der Waals surface area contributed by atoms with Crippen molar-refractivity contribution < 1.29 is 36.0 Å². The molecule has 0 atom stereocenters. The highest BCUT2D eigenvalue weighted by Gasteiger charge is 2.48. The molecule has 3 N–H and O–H groups in total. The fourth-order valence-electron chi connectivity index (χ4n) is 3.21. The molecule has 1 aromatic carbocycles. The van der Waals surface area contributed by atoms with E-state index in [1.165, 1.54) is 21.8 Å². The number of likely N-dealkylation sites (tertiary alicyclic amines) is 1. The van der Waals surface area contributed by atoms with Gasteiger partial charge < -0.3 is 10.2 Å². The van der Waals surface area contributed by atoms with Crippen LogP contribution < -0.4 is 15.4 Å². The Kier molecular flexibility index (Phi) is 5.30. The predicted molar refractivity (Wildman–Crippen MR) is 92.2 cm³/mol. The van der Waals surface area contributed by atoms with Crippen LogP contribution in [0.2, 0.25) is 0 Å². The Bertz CT molecular complexity index is 956. The Morgan fingerprint density at radius 2 is 1.86 bits per heavy atom. The molecule has 2 saturated heterocycles. The molecule has 0 saturated carbocycles. The Hall–Kier alpha value is -2.67. The lowest BCUT2D eigenvalue weighted by atomic mass is 9.87. The molecule has 9 nitrogen and oxygen atoms in total. The first-order chi connectivity index (χ1) is 13.4. The van der Waals surface area contributed by atoms with Crippen molar-refractivity contribution in [3.05, 3.63) is 29.8 Å². The van der Waals surface area contributed by atoms with E-state index in [0.717, 1.165) is 12.1 Å². The molecule has 0 unspecified atom stereocenters. The zero-order valence-electron chi connectivity index (χ0n) is 14.9. The van der Waals surface area contributed by atoms with Gasteiger partial charge in [-0.05, 0) is 31.0 Å². The molecule has 2 aliphatic rings. The van der Waals surface area contributed by atoms with Crippen molar-refractivity contribution in [3.8, 4) is 0 Å². The average molecular weight is 434 g/mol. The number of hydrogen-bond donors (Lipinski definition) is 3. The maximum atomic E-state index is 12.7. The Balaban J connectivity index is 1.70. The smallest absolute Gasteiger partial charge is 0.338 e. The molecule has 158 valence electrons. The summed E-state index contributed by atoms with van der Waals surface area (Å²) in [4.78, 5) is 36.9. The summed E-state index contributed by atoms with van der Waals surface area (Å²) < 4.78 is 62.4. The lowest BCUT2D eigenvalue weighted by Gasteiger charge is -2.37. The molecule has 1 spiro atoms. The van der Waals surface area contributed by atoms with E-state index in [2.05, 4.69) is 10.6 Å². The number of carbonyl (C=O) groups is 3. The number of benzene rings is 1. The molecule has 2 heterocycles. The third-order valence-electron chi connectivity index (χ3n) is 4.77.